The molecule has 5 rings (SSSR count). The minimum atomic E-state index is -0.186. The van der Waals surface area contributed by atoms with Crippen molar-refractivity contribution in [3.8, 4) is 5.82 Å². The van der Waals surface area contributed by atoms with Gasteiger partial charge in [0.2, 0.25) is 0 Å². The summed E-state index contributed by atoms with van der Waals surface area (Å²) >= 11 is 5.23. The summed E-state index contributed by atoms with van der Waals surface area (Å²) in [6, 6.07) is 7.55. The lowest BCUT2D eigenvalue weighted by Crippen LogP contribution is -2.25. The third-order valence-corrected chi connectivity index (χ3v) is 5.81. The topological polar surface area (TPSA) is 106 Å². The molecule has 9 nitrogen and oxygen atoms in total. The number of carbonyl (C=O) groups is 1. The molecule has 1 fully saturated rings. The van der Waals surface area contributed by atoms with Crippen molar-refractivity contribution in [1.82, 2.24) is 39.8 Å². The molecular formula is C21H22N8OS. The summed E-state index contributed by atoms with van der Waals surface area (Å²) in [6.07, 6.45) is 3.89. The zero-order valence-electron chi connectivity index (χ0n) is 17.3. The summed E-state index contributed by atoms with van der Waals surface area (Å²) < 4.78 is 4.12. The first-order valence-electron chi connectivity index (χ1n) is 10.3. The zero-order chi connectivity index (χ0) is 21.5. The van der Waals surface area contributed by atoms with Gasteiger partial charge in [-0.3, -0.25) is 9.89 Å². The van der Waals surface area contributed by atoms with Gasteiger partial charge in [-0.25, -0.2) is 9.97 Å². The summed E-state index contributed by atoms with van der Waals surface area (Å²) in [5.74, 6) is 1.56. The summed E-state index contributed by atoms with van der Waals surface area (Å²) in [6.45, 7) is 4.83. The zero-order valence-corrected chi connectivity index (χ0v) is 18.1. The van der Waals surface area contributed by atoms with Crippen LogP contribution in [0.25, 0.3) is 16.9 Å². The highest BCUT2D eigenvalue weighted by atomic mass is 32.1. The number of rotatable bonds is 6. The highest BCUT2D eigenvalue weighted by Gasteiger charge is 2.29. The van der Waals surface area contributed by atoms with Gasteiger partial charge in [-0.2, -0.15) is 14.9 Å². The van der Waals surface area contributed by atoms with Crippen LogP contribution in [0.4, 0.5) is 0 Å². The van der Waals surface area contributed by atoms with E-state index in [0.717, 1.165) is 29.6 Å². The Bertz CT molecular complexity index is 1330. The van der Waals surface area contributed by atoms with Crippen LogP contribution in [0.3, 0.4) is 0 Å². The molecule has 2 N–H and O–H groups in total. The van der Waals surface area contributed by atoms with E-state index in [4.69, 9.17) is 17.2 Å². The molecule has 4 aromatic heterocycles. The van der Waals surface area contributed by atoms with Gasteiger partial charge in [0.15, 0.2) is 22.1 Å². The molecule has 0 spiro atoms. The second-order valence-corrected chi connectivity index (χ2v) is 8.01. The molecular weight excluding hydrogens is 412 g/mol. The molecule has 0 bridgehead atoms. The van der Waals surface area contributed by atoms with E-state index in [1.54, 1.807) is 10.9 Å². The van der Waals surface area contributed by atoms with Gasteiger partial charge in [-0.15, -0.1) is 0 Å². The van der Waals surface area contributed by atoms with Gasteiger partial charge in [0.1, 0.15) is 0 Å². The number of fused-ring (bicyclic) bond motifs is 1. The van der Waals surface area contributed by atoms with Gasteiger partial charge < -0.3 is 9.88 Å². The molecule has 1 aliphatic rings. The summed E-state index contributed by atoms with van der Waals surface area (Å²) in [5.41, 5.74) is 2.88. The van der Waals surface area contributed by atoms with Crippen LogP contribution in [0.1, 0.15) is 53.3 Å². The number of hydrogen-bond acceptors (Lipinski definition) is 6. The van der Waals surface area contributed by atoms with Crippen molar-refractivity contribution in [2.45, 2.75) is 45.7 Å². The van der Waals surface area contributed by atoms with Gasteiger partial charge in [0, 0.05) is 24.4 Å². The van der Waals surface area contributed by atoms with Crippen molar-refractivity contribution in [2.75, 3.05) is 0 Å². The van der Waals surface area contributed by atoms with Crippen LogP contribution < -0.4 is 5.32 Å². The largest absolute Gasteiger partial charge is 0.345 e. The average molecular weight is 435 g/mol. The normalized spacial score (nSPS) is 13.6. The van der Waals surface area contributed by atoms with E-state index < -0.39 is 0 Å². The standard InChI is InChI=1S/C21H22N8OS/c1-3-28-17(25-26-21(28)31)11-23-20(30)14-10-15(13-7-8-13)24-19-18(14)12(2)27-29(19)16-6-4-5-9-22-16/h4-6,9-10,13H,3,7-8,11H2,1-2H3,(H,23,30)(H,26,31). The molecule has 31 heavy (non-hydrogen) atoms. The van der Waals surface area contributed by atoms with E-state index in [1.165, 1.54) is 0 Å². The van der Waals surface area contributed by atoms with Crippen molar-refractivity contribution < 1.29 is 4.79 Å². The van der Waals surface area contributed by atoms with Gasteiger partial charge in [0.05, 0.1) is 23.2 Å². The van der Waals surface area contributed by atoms with Crippen molar-refractivity contribution in [1.29, 1.82) is 0 Å². The molecule has 1 aliphatic carbocycles. The molecule has 0 unspecified atom stereocenters. The number of nitrogens with zero attached hydrogens (tertiary/aromatic N) is 6. The highest BCUT2D eigenvalue weighted by molar-refractivity contribution is 7.71. The maximum absolute atomic E-state index is 13.3. The molecule has 4 aromatic rings. The van der Waals surface area contributed by atoms with Crippen LogP contribution in [-0.2, 0) is 13.1 Å². The lowest BCUT2D eigenvalue weighted by Gasteiger charge is -2.10. The number of H-pyrrole nitrogens is 1. The number of pyridine rings is 2. The van der Waals surface area contributed by atoms with Crippen molar-refractivity contribution in [2.24, 2.45) is 0 Å². The lowest BCUT2D eigenvalue weighted by molar-refractivity contribution is 0.0951. The van der Waals surface area contributed by atoms with Crippen molar-refractivity contribution >= 4 is 29.2 Å². The van der Waals surface area contributed by atoms with E-state index in [2.05, 4.69) is 25.6 Å². The Balaban J connectivity index is 1.56. The molecule has 1 saturated carbocycles. The average Bonchev–Trinajstić information content (AvgIpc) is 3.51. The van der Waals surface area contributed by atoms with E-state index in [-0.39, 0.29) is 12.5 Å². The van der Waals surface area contributed by atoms with Gasteiger partial charge >= 0.3 is 0 Å². The summed E-state index contributed by atoms with van der Waals surface area (Å²) in [5, 5.41) is 15.4. The highest BCUT2D eigenvalue weighted by Crippen LogP contribution is 2.40. The number of hydrogen-bond donors (Lipinski definition) is 2. The minimum Gasteiger partial charge on any atom is -0.345 e. The Morgan fingerprint density at radius 3 is 2.90 bits per heavy atom. The number of nitrogens with one attached hydrogen (secondary N) is 2. The summed E-state index contributed by atoms with van der Waals surface area (Å²) in [4.78, 5) is 22.5. The van der Waals surface area contributed by atoms with E-state index in [0.29, 0.717) is 40.1 Å². The first-order valence-corrected chi connectivity index (χ1v) is 10.7. The molecule has 158 valence electrons. The van der Waals surface area contributed by atoms with Gasteiger partial charge in [-0.05, 0) is 57.1 Å². The monoisotopic (exact) mass is 434 g/mol. The Labute approximate surface area is 183 Å². The Kier molecular flexibility index (Phi) is 4.85. The molecule has 10 heteroatoms. The Hall–Kier alpha value is -3.40. The fourth-order valence-electron chi connectivity index (χ4n) is 3.78. The third kappa shape index (κ3) is 3.52. The van der Waals surface area contributed by atoms with Gasteiger partial charge in [0.25, 0.3) is 5.91 Å². The maximum atomic E-state index is 13.3. The number of carbonyl (C=O) groups excluding carboxylic acids is 1. The van der Waals surface area contributed by atoms with E-state index in [9.17, 15) is 4.79 Å². The molecule has 1 amide bonds. The molecule has 0 radical (unpaired) electrons. The van der Waals surface area contributed by atoms with Crippen LogP contribution in [0.2, 0.25) is 0 Å². The fraction of sp³-hybridized carbons (Fsp3) is 0.333. The molecule has 0 aliphatic heterocycles. The number of amides is 1. The first kappa shape index (κ1) is 19.6. The Morgan fingerprint density at radius 1 is 1.35 bits per heavy atom. The summed E-state index contributed by atoms with van der Waals surface area (Å²) in [7, 11) is 0. The molecule has 0 saturated heterocycles. The van der Waals surface area contributed by atoms with E-state index >= 15 is 0 Å². The predicted molar refractivity (Wildman–Crippen MR) is 118 cm³/mol. The SMILES string of the molecule is CCn1c(CNC(=O)c2cc(C3CC3)nc3c2c(C)nn3-c2ccccn2)n[nH]c1=S. The molecule has 0 aromatic carbocycles. The van der Waals surface area contributed by atoms with Crippen LogP contribution in [0, 0.1) is 11.7 Å². The Morgan fingerprint density at radius 2 is 2.19 bits per heavy atom. The quantitative estimate of drug-likeness (QED) is 0.452. The lowest BCUT2D eigenvalue weighted by atomic mass is 10.1. The minimum absolute atomic E-state index is 0.186. The third-order valence-electron chi connectivity index (χ3n) is 5.50. The van der Waals surface area contributed by atoms with Crippen molar-refractivity contribution in [3.05, 3.63) is 58.0 Å². The number of aromatic amines is 1. The van der Waals surface area contributed by atoms with Crippen LogP contribution in [0.15, 0.2) is 30.5 Å². The molecule has 4 heterocycles. The van der Waals surface area contributed by atoms with Crippen LogP contribution in [-0.4, -0.2) is 40.4 Å². The van der Waals surface area contributed by atoms with Crippen LogP contribution >= 0.6 is 12.2 Å². The maximum Gasteiger partial charge on any atom is 0.252 e. The smallest absolute Gasteiger partial charge is 0.252 e. The van der Waals surface area contributed by atoms with Crippen molar-refractivity contribution in [3.63, 3.8) is 0 Å². The second kappa shape index (κ2) is 7.69. The van der Waals surface area contributed by atoms with Gasteiger partial charge in [-0.1, -0.05) is 6.07 Å². The number of aromatic nitrogens is 7. The predicted octanol–water partition coefficient (Wildman–Crippen LogP) is 3.21. The first-order chi connectivity index (χ1) is 15.1. The fourth-order valence-corrected chi connectivity index (χ4v) is 4.06. The molecule has 0 atom stereocenters. The second-order valence-electron chi connectivity index (χ2n) is 7.62. The number of aryl methyl sites for hydroxylation is 1. The van der Waals surface area contributed by atoms with E-state index in [1.807, 2.05) is 42.7 Å². The van der Waals surface area contributed by atoms with Crippen LogP contribution in [0.5, 0.6) is 0 Å².